The molecular weight excluding hydrogens is 2030 g/mol. The monoisotopic (exact) mass is 2120 g/mol. The summed E-state index contributed by atoms with van der Waals surface area (Å²) in [5.74, 6) is 3.15. The van der Waals surface area contributed by atoms with Crippen LogP contribution < -0.4 is 27.0 Å². The highest BCUT2D eigenvalue weighted by molar-refractivity contribution is 8.57. The normalized spacial score (nSPS) is 17.0. The Bertz CT molecular complexity index is 5450. The van der Waals surface area contributed by atoms with Gasteiger partial charge in [-0.25, -0.2) is 95.6 Å². The number of hydrogen-bond donors (Lipinski definition) is 5. The fourth-order valence-electron chi connectivity index (χ4n) is 12.5. The van der Waals surface area contributed by atoms with Gasteiger partial charge in [0.25, 0.3) is 30.4 Å². The van der Waals surface area contributed by atoms with Gasteiger partial charge in [-0.3, -0.25) is 19.8 Å². The number of pyridine rings is 6. The maximum absolute atomic E-state index is 13.0. The molecule has 7 aromatic heterocycles. The highest BCUT2D eigenvalue weighted by atomic mass is 35.5. The van der Waals surface area contributed by atoms with E-state index >= 15 is 0 Å². The average molecular weight is 2130 g/mol. The van der Waals surface area contributed by atoms with Crippen molar-refractivity contribution in [3.63, 3.8) is 0 Å². The van der Waals surface area contributed by atoms with Gasteiger partial charge in [-0.1, -0.05) is 155 Å². The van der Waals surface area contributed by atoms with Gasteiger partial charge >= 0.3 is 0 Å². The predicted octanol–water partition coefficient (Wildman–Crippen LogP) is 11.3. The van der Waals surface area contributed by atoms with Crippen LogP contribution in [0.4, 0.5) is 0 Å². The minimum atomic E-state index is -3.03. The number of nitriles is 2. The summed E-state index contributed by atoms with van der Waals surface area (Å²) in [6.07, 6.45) is 18.7. The van der Waals surface area contributed by atoms with E-state index in [1.165, 1.54) is 39.4 Å². The minimum Gasteiger partial charge on any atom is -0.368 e. The van der Waals surface area contributed by atoms with E-state index in [1.54, 1.807) is 129 Å². The van der Waals surface area contributed by atoms with Crippen LogP contribution in [0.15, 0.2) is 157 Å². The number of thiazole rings is 1. The SMILES string of the molecule is CCN(Cc1ccc(Cl)nc1)/C(=N/[N+](=O)[O-])NC.CCOP(=O)(SC(C)CC)C1CCN/C1=N/[N+](=O)[O-].CN(Cc1ccc(Cl)nc1)/C(N)=N/[N+](=O)[O-].CN1CN(C)/C(=N\[N+](=O)[O-])N(Cc2cnc(Cl)s2)C1.N#CN=C1CCCN1Cc1ccc(Cl)nc1.N#CNC1=NCCN1Cc1ccc(Cl)nc1.O=[N+]([O-])/N=C1\NCCN1Cc1ccc(Cl)nc1.O=[N+]([O-])/N=C1\SCCN1Cc1ccc(Cl)nc1. The number of hydrazone groups is 6. The van der Waals surface area contributed by atoms with Crippen molar-refractivity contribution < 1.29 is 39.3 Å². The molecule has 7 aromatic rings. The summed E-state index contributed by atoms with van der Waals surface area (Å²) < 4.78 is 18.9. The number of nitro groups is 6. The number of halogens is 7. The molecule has 138 heavy (non-hydrogen) atoms. The summed E-state index contributed by atoms with van der Waals surface area (Å²) >= 11 is 43.9. The Morgan fingerprint density at radius 1 is 0.623 bits per heavy atom. The molecule has 6 aliphatic heterocycles. The fraction of sp³-hybridized carbons (Fsp3) is 0.434. The van der Waals surface area contributed by atoms with Gasteiger partial charge in [0.05, 0.1) is 43.2 Å². The fourth-order valence-corrected chi connectivity index (χ4v) is 20.9. The molecule has 13 rings (SSSR count). The average Bonchev–Trinajstić information content (AvgIpc) is 1.63. The zero-order valence-electron chi connectivity index (χ0n) is 75.3. The van der Waals surface area contributed by atoms with Crippen molar-refractivity contribution in [3.8, 4) is 12.4 Å². The summed E-state index contributed by atoms with van der Waals surface area (Å²) in [5, 5.41) is 109. The lowest BCUT2D eigenvalue weighted by atomic mass is 10.2. The van der Waals surface area contributed by atoms with E-state index in [0.717, 1.165) is 95.3 Å². The van der Waals surface area contributed by atoms with Crippen LogP contribution in [-0.4, -0.2) is 273 Å². The van der Waals surface area contributed by atoms with Crippen LogP contribution in [0.1, 0.15) is 91.6 Å². The number of nitrogens with one attached hydrogen (secondary N) is 4. The van der Waals surface area contributed by atoms with Crippen LogP contribution in [0.25, 0.3) is 0 Å². The predicted molar refractivity (Wildman–Crippen MR) is 529 cm³/mol. The summed E-state index contributed by atoms with van der Waals surface area (Å²) in [5.41, 5.74) is 10.6. The first-order valence-electron chi connectivity index (χ1n) is 41.1. The topological polar surface area (TPSA) is 625 Å². The van der Waals surface area contributed by atoms with E-state index in [2.05, 4.69) is 102 Å². The third-order valence-electron chi connectivity index (χ3n) is 18.7. The largest absolute Gasteiger partial charge is 0.368 e. The number of guanidine groups is 5. The molecule has 0 radical (unpaired) electrons. The van der Waals surface area contributed by atoms with E-state index in [1.807, 2.05) is 90.1 Å². The second kappa shape index (κ2) is 60.3. The summed E-state index contributed by atoms with van der Waals surface area (Å²) in [4.78, 5) is 115. The molecule has 6 aliphatic rings. The first-order chi connectivity index (χ1) is 65.8. The Kier molecular flexibility index (Phi) is 49.9. The second-order valence-corrected chi connectivity index (χ2v) is 39.0. The van der Waals surface area contributed by atoms with Crippen molar-refractivity contribution in [1.29, 1.82) is 10.5 Å². The Labute approximate surface area is 838 Å². The van der Waals surface area contributed by atoms with Gasteiger partial charge in [-0.15, -0.1) is 11.3 Å². The highest BCUT2D eigenvalue weighted by Gasteiger charge is 2.44. The number of thioether (sulfide) groups is 1. The molecule has 62 heteroatoms. The van der Waals surface area contributed by atoms with Crippen LogP contribution in [0.5, 0.6) is 0 Å². The van der Waals surface area contributed by atoms with Crippen LogP contribution in [0.2, 0.25) is 35.4 Å². The lowest BCUT2D eigenvalue weighted by Gasteiger charge is -2.39. The van der Waals surface area contributed by atoms with Gasteiger partial charge in [-0.2, -0.15) is 15.5 Å². The molecule has 13 heterocycles. The molecule has 0 amide bonds. The van der Waals surface area contributed by atoms with E-state index in [9.17, 15) is 65.3 Å². The van der Waals surface area contributed by atoms with E-state index < -0.39 is 42.4 Å². The van der Waals surface area contributed by atoms with Gasteiger partial charge in [0, 0.05) is 172 Å². The molecule has 0 saturated carbocycles. The molecule has 3 unspecified atom stereocenters. The number of aliphatic imine (C=N–C) groups is 2. The number of amidine groups is 3. The summed E-state index contributed by atoms with van der Waals surface area (Å²) in [7, 11) is 6.89. The summed E-state index contributed by atoms with van der Waals surface area (Å²) in [6.45, 7) is 15.6. The van der Waals surface area contributed by atoms with E-state index in [-0.39, 0.29) is 29.0 Å². The molecule has 5 fully saturated rings. The first kappa shape index (κ1) is 114. The molecule has 0 spiro atoms. The molecular formula is C76H97Cl7N37O14PS3. The Morgan fingerprint density at radius 2 is 1.14 bits per heavy atom. The Balaban J connectivity index is 0.000000242. The molecule has 742 valence electrons. The number of likely N-dealkylation sites (tertiary alicyclic amines) is 1. The Hall–Kier alpha value is -12.5. The smallest absolute Gasteiger partial charge is 0.276 e. The number of aromatic nitrogens is 7. The third-order valence-corrected chi connectivity index (χ3v) is 28.0. The number of nitrogens with two attached hydrogens (primary N) is 1. The van der Waals surface area contributed by atoms with Gasteiger partial charge in [0.15, 0.2) is 46.7 Å². The van der Waals surface area contributed by atoms with Gasteiger partial charge in [0.1, 0.15) is 62.8 Å². The van der Waals surface area contributed by atoms with Gasteiger partial charge < -0.3 is 65.4 Å². The van der Waals surface area contributed by atoms with Crippen LogP contribution in [0, 0.1) is 83.6 Å². The zero-order chi connectivity index (χ0) is 101. The molecule has 5 saturated heterocycles. The van der Waals surface area contributed by atoms with Crippen molar-refractivity contribution >= 4 is 169 Å². The number of nitrogens with zero attached hydrogens (tertiary/aromatic N) is 32. The quantitative estimate of drug-likeness (QED) is 0.00466. The summed E-state index contributed by atoms with van der Waals surface area (Å²) in [6, 6.07) is 21.3. The lowest BCUT2D eigenvalue weighted by Crippen LogP contribution is -2.55. The van der Waals surface area contributed by atoms with E-state index in [4.69, 9.17) is 102 Å². The van der Waals surface area contributed by atoms with Crippen molar-refractivity contribution in [3.05, 3.63) is 251 Å². The molecule has 0 aromatic carbocycles. The van der Waals surface area contributed by atoms with Crippen molar-refractivity contribution in [2.24, 2.45) is 46.3 Å². The second-order valence-electron chi connectivity index (χ2n) is 28.8. The maximum Gasteiger partial charge on any atom is 0.276 e. The standard InChI is InChI=1S/C11H11ClN4.C10H14ClN5O2.C10H10ClN5.C10H20N3O4PS.C9H13ClN6O2S.C9H10ClN5O2.C9H9ClN4O2S.C8H10ClN5O2/c12-10-4-3-9(6-14-10)7-16-5-1-2-11(16)15-8-13;1-3-15(10(12-2)14-16(17)18)7-8-4-5-9(11)13-6-8;11-9-2-1-8(5-14-9)6-16-4-3-13-10(16)15-7-12;1-4-8(3)19-18(16,17-5-2)9-6-7-11-10(9)12-13(14)15;1-13-5-14(2)9(12-16(17)18)15(6-13)4-7-3-11-8(10)19-7;10-8-2-1-7(5-12-8)6-14-4-3-11-9(14)13-15(16)17;10-8-2-1-7(5-11-8)6-13-3-4-17-9(13)12-14(15)16;1-13(8(10)12-14(15)16)5-6-2-3-7(9)11-4-6/h3-4,6H,1-2,5,7H2;4-6H,3,7H2,1-2H3,(H,12,14);1-2,5H,3-4,6H2,(H,13,15);8-9H,4-7H2,1-3H3,(H,11,12);3H,4-6H2,1-2H3;1-2,5H,3-4,6H2,(H,11,13);1-2,5H,3-4,6H2;2-4H,5H2,1H3,(H2,10,12)/b;;;;12-9+;;12-9-;. The molecule has 51 nitrogen and oxygen atoms in total. The van der Waals surface area contributed by atoms with E-state index in [0.29, 0.717) is 151 Å². The molecule has 0 aliphatic carbocycles. The van der Waals surface area contributed by atoms with Crippen molar-refractivity contribution in [1.82, 2.24) is 100 Å². The third kappa shape index (κ3) is 42.3. The molecule has 6 N–H and O–H groups in total. The minimum absolute atomic E-state index is 0.167. The number of rotatable bonds is 27. The van der Waals surface area contributed by atoms with Crippen LogP contribution >= 0.6 is 122 Å². The number of hydrogen-bond acceptors (Lipinski definition) is 31. The highest BCUT2D eigenvalue weighted by Crippen LogP contribution is 2.67. The lowest BCUT2D eigenvalue weighted by molar-refractivity contribution is -0.486. The maximum atomic E-state index is 13.0. The Morgan fingerprint density at radius 3 is 1.60 bits per heavy atom. The van der Waals surface area contributed by atoms with Gasteiger partial charge in [0.2, 0.25) is 17.3 Å². The molecule has 3 atom stereocenters. The first-order valence-corrected chi connectivity index (χ1v) is 48.8. The molecule has 0 bridgehead atoms. The van der Waals surface area contributed by atoms with Crippen molar-refractivity contribution in [2.45, 2.75) is 110 Å². The van der Waals surface area contributed by atoms with Crippen LogP contribution in [0.3, 0.4) is 0 Å². The van der Waals surface area contributed by atoms with Gasteiger partial charge in [-0.05, 0) is 110 Å². The van der Waals surface area contributed by atoms with Crippen molar-refractivity contribution in [2.75, 3.05) is 106 Å². The van der Waals surface area contributed by atoms with Crippen LogP contribution in [-0.2, 0) is 54.9 Å². The zero-order valence-corrected chi connectivity index (χ0v) is 83.9.